The monoisotopic (exact) mass is 462 g/mol. The molecule has 0 aliphatic carbocycles. The molecule has 0 radical (unpaired) electrons. The number of hydrogen-bond donors (Lipinski definition) is 3. The van der Waals surface area contributed by atoms with Gasteiger partial charge in [0.15, 0.2) is 0 Å². The molecular weight excluding hydrogens is 436 g/mol. The normalized spacial score (nSPS) is 11.5. The predicted molar refractivity (Wildman–Crippen MR) is 131 cm³/mol. The lowest BCUT2D eigenvalue weighted by Crippen LogP contribution is -2.42. The fourth-order valence-electron chi connectivity index (χ4n) is 3.59. The lowest BCUT2D eigenvalue weighted by Gasteiger charge is -2.16. The summed E-state index contributed by atoms with van der Waals surface area (Å²) in [6.45, 7) is 3.78. The van der Waals surface area contributed by atoms with Crippen LogP contribution < -0.4 is 10.6 Å². The van der Waals surface area contributed by atoms with Crippen LogP contribution in [0.25, 0.3) is 0 Å². The summed E-state index contributed by atoms with van der Waals surface area (Å²) in [5.74, 6) is -1.73. The van der Waals surface area contributed by atoms with E-state index in [1.165, 1.54) is 11.8 Å². The minimum absolute atomic E-state index is 0.119. The van der Waals surface area contributed by atoms with Crippen LogP contribution >= 0.6 is 11.8 Å². The van der Waals surface area contributed by atoms with Gasteiger partial charge in [0.25, 0.3) is 11.8 Å². The highest BCUT2D eigenvalue weighted by Gasteiger charge is 2.22. The van der Waals surface area contributed by atoms with Crippen molar-refractivity contribution in [3.8, 4) is 0 Å². The zero-order chi connectivity index (χ0) is 24.0. The van der Waals surface area contributed by atoms with Gasteiger partial charge in [0.05, 0.1) is 5.56 Å². The first-order chi connectivity index (χ1) is 15.8. The highest BCUT2D eigenvalue weighted by molar-refractivity contribution is 7.98. The number of thioether (sulfide) groups is 1. The Morgan fingerprint density at radius 2 is 1.52 bits per heavy atom. The molecule has 0 bridgehead atoms. The molecule has 6 nitrogen and oxygen atoms in total. The molecule has 0 aliphatic heterocycles. The molecule has 170 valence electrons. The Hall–Kier alpha value is -3.58. The number of aryl methyl sites for hydroxylation is 2. The predicted octanol–water partition coefficient (Wildman–Crippen LogP) is 4.70. The summed E-state index contributed by atoms with van der Waals surface area (Å²) in [7, 11) is 0. The van der Waals surface area contributed by atoms with Gasteiger partial charge in [-0.25, -0.2) is 4.79 Å². The average molecular weight is 463 g/mol. The Morgan fingerprint density at radius 3 is 2.12 bits per heavy atom. The topological polar surface area (TPSA) is 95.5 Å². The van der Waals surface area contributed by atoms with E-state index >= 15 is 0 Å². The molecule has 7 heteroatoms. The molecule has 0 heterocycles. The van der Waals surface area contributed by atoms with Gasteiger partial charge in [-0.2, -0.15) is 0 Å². The minimum atomic E-state index is -1.11. The number of carbonyl (C=O) groups excluding carboxylic acids is 2. The number of aliphatic carboxylic acids is 1. The molecule has 1 unspecified atom stereocenters. The van der Waals surface area contributed by atoms with Crippen molar-refractivity contribution >= 4 is 35.2 Å². The summed E-state index contributed by atoms with van der Waals surface area (Å²) >= 11 is 1.43. The Balaban J connectivity index is 1.68. The zero-order valence-electron chi connectivity index (χ0n) is 18.7. The molecule has 3 aromatic carbocycles. The van der Waals surface area contributed by atoms with Gasteiger partial charge >= 0.3 is 5.97 Å². The second-order valence-electron chi connectivity index (χ2n) is 7.69. The molecule has 3 aromatic rings. The smallest absolute Gasteiger partial charge is 0.326 e. The summed E-state index contributed by atoms with van der Waals surface area (Å²) in [4.78, 5) is 37.9. The standard InChI is InChI=1S/C26H26N2O4S/c1-16-7-6-8-17(2)23(16)25(30)27-19-13-11-18(12-14-19)15-21(26(31)32)28-24(29)20-9-4-5-10-22(20)33-3/h4-14,21H,15H2,1-3H3,(H,27,30)(H,28,29)(H,31,32). The van der Waals surface area contributed by atoms with Crippen LogP contribution in [0.5, 0.6) is 0 Å². The summed E-state index contributed by atoms with van der Waals surface area (Å²) in [6.07, 6.45) is 1.98. The van der Waals surface area contributed by atoms with Crippen LogP contribution in [0, 0.1) is 13.8 Å². The lowest BCUT2D eigenvalue weighted by atomic mass is 10.0. The lowest BCUT2D eigenvalue weighted by molar-refractivity contribution is -0.139. The summed E-state index contributed by atoms with van der Waals surface area (Å²) < 4.78 is 0. The van der Waals surface area contributed by atoms with Crippen molar-refractivity contribution in [2.45, 2.75) is 31.2 Å². The van der Waals surface area contributed by atoms with E-state index in [-0.39, 0.29) is 12.3 Å². The second kappa shape index (κ2) is 10.8. The van der Waals surface area contributed by atoms with Crippen molar-refractivity contribution < 1.29 is 19.5 Å². The number of amides is 2. The number of carboxylic acid groups (broad SMARTS) is 1. The molecule has 3 N–H and O–H groups in total. The molecule has 0 saturated carbocycles. The largest absolute Gasteiger partial charge is 0.480 e. The third-order valence-corrected chi connectivity index (χ3v) is 6.11. The van der Waals surface area contributed by atoms with E-state index in [9.17, 15) is 19.5 Å². The number of hydrogen-bond acceptors (Lipinski definition) is 4. The van der Waals surface area contributed by atoms with Crippen LogP contribution in [0.15, 0.2) is 71.6 Å². The van der Waals surface area contributed by atoms with Gasteiger partial charge in [-0.05, 0) is 61.1 Å². The first-order valence-corrected chi connectivity index (χ1v) is 11.7. The SMILES string of the molecule is CSc1ccccc1C(=O)NC(Cc1ccc(NC(=O)c2c(C)cccc2C)cc1)C(=O)O. The van der Waals surface area contributed by atoms with Gasteiger partial charge < -0.3 is 15.7 Å². The molecule has 0 fully saturated rings. The Kier molecular flexibility index (Phi) is 7.90. The van der Waals surface area contributed by atoms with Gasteiger partial charge in [0.2, 0.25) is 0 Å². The summed E-state index contributed by atoms with van der Waals surface area (Å²) in [5, 5.41) is 15.1. The van der Waals surface area contributed by atoms with Crippen molar-refractivity contribution in [1.29, 1.82) is 0 Å². The van der Waals surface area contributed by atoms with Gasteiger partial charge in [0, 0.05) is 22.6 Å². The molecule has 0 spiro atoms. The van der Waals surface area contributed by atoms with Crippen LogP contribution in [0.1, 0.15) is 37.4 Å². The Labute approximate surface area is 197 Å². The number of rotatable bonds is 8. The van der Waals surface area contributed by atoms with E-state index in [0.717, 1.165) is 21.6 Å². The Bertz CT molecular complexity index is 1150. The van der Waals surface area contributed by atoms with Gasteiger partial charge in [-0.3, -0.25) is 9.59 Å². The molecule has 2 amide bonds. The number of carboxylic acids is 1. The number of anilines is 1. The number of nitrogens with one attached hydrogen (secondary N) is 2. The molecule has 1 atom stereocenters. The highest BCUT2D eigenvalue weighted by Crippen LogP contribution is 2.20. The minimum Gasteiger partial charge on any atom is -0.480 e. The number of benzene rings is 3. The maximum atomic E-state index is 12.7. The van der Waals surface area contributed by atoms with E-state index in [0.29, 0.717) is 16.8 Å². The van der Waals surface area contributed by atoms with E-state index in [4.69, 9.17) is 0 Å². The van der Waals surface area contributed by atoms with E-state index in [1.54, 1.807) is 36.4 Å². The van der Waals surface area contributed by atoms with Crippen molar-refractivity contribution in [2.75, 3.05) is 11.6 Å². The molecule has 0 aliphatic rings. The fraction of sp³-hybridized carbons (Fsp3) is 0.192. The molecule has 3 rings (SSSR count). The molecule has 0 aromatic heterocycles. The Morgan fingerprint density at radius 1 is 0.879 bits per heavy atom. The highest BCUT2D eigenvalue weighted by atomic mass is 32.2. The third kappa shape index (κ3) is 6.02. The van der Waals surface area contributed by atoms with Crippen LogP contribution in [0.4, 0.5) is 5.69 Å². The molecule has 33 heavy (non-hydrogen) atoms. The van der Waals surface area contributed by atoms with Crippen LogP contribution in [0.2, 0.25) is 0 Å². The van der Waals surface area contributed by atoms with Gasteiger partial charge in [0.1, 0.15) is 6.04 Å². The van der Waals surface area contributed by atoms with E-state index < -0.39 is 17.9 Å². The average Bonchev–Trinajstić information content (AvgIpc) is 2.79. The second-order valence-corrected chi connectivity index (χ2v) is 8.53. The third-order valence-electron chi connectivity index (χ3n) is 5.31. The zero-order valence-corrected chi connectivity index (χ0v) is 19.5. The van der Waals surface area contributed by atoms with Gasteiger partial charge in [-0.1, -0.05) is 42.5 Å². The number of carbonyl (C=O) groups is 3. The van der Waals surface area contributed by atoms with Crippen molar-refractivity contribution in [2.24, 2.45) is 0 Å². The van der Waals surface area contributed by atoms with Gasteiger partial charge in [-0.15, -0.1) is 11.8 Å². The van der Waals surface area contributed by atoms with E-state index in [2.05, 4.69) is 10.6 Å². The maximum Gasteiger partial charge on any atom is 0.326 e. The quantitative estimate of drug-likeness (QED) is 0.422. The van der Waals surface area contributed by atoms with E-state index in [1.807, 2.05) is 50.4 Å². The van der Waals surface area contributed by atoms with Crippen molar-refractivity contribution in [3.63, 3.8) is 0 Å². The van der Waals surface area contributed by atoms with Crippen LogP contribution in [-0.2, 0) is 11.2 Å². The molecule has 0 saturated heterocycles. The summed E-state index contributed by atoms with van der Waals surface area (Å²) in [6, 6.07) is 18.6. The van der Waals surface area contributed by atoms with Crippen molar-refractivity contribution in [1.82, 2.24) is 5.32 Å². The fourth-order valence-corrected chi connectivity index (χ4v) is 4.19. The van der Waals surface area contributed by atoms with Crippen molar-refractivity contribution in [3.05, 3.63) is 94.5 Å². The first kappa shape index (κ1) is 24.1. The first-order valence-electron chi connectivity index (χ1n) is 10.4. The maximum absolute atomic E-state index is 12.7. The van der Waals surface area contributed by atoms with Crippen LogP contribution in [-0.4, -0.2) is 35.2 Å². The van der Waals surface area contributed by atoms with Crippen LogP contribution in [0.3, 0.4) is 0 Å². The summed E-state index contributed by atoms with van der Waals surface area (Å²) in [5.41, 5.74) is 4.21. The molecular formula is C26H26N2O4S.